The first-order valence-electron chi connectivity index (χ1n) is 6.74. The molecular weight excluding hydrogens is 216 g/mol. The summed E-state index contributed by atoms with van der Waals surface area (Å²) in [6.07, 6.45) is 7.88. The number of nitrogens with zero attached hydrogens (tertiary/aromatic N) is 1. The second-order valence-corrected chi connectivity index (χ2v) is 5.80. The summed E-state index contributed by atoms with van der Waals surface area (Å²) in [7, 11) is 0. The van der Waals surface area contributed by atoms with Gasteiger partial charge in [0, 0.05) is 19.1 Å². The summed E-state index contributed by atoms with van der Waals surface area (Å²) in [5.41, 5.74) is 0.603. The Bertz CT molecular complexity index is 247. The van der Waals surface area contributed by atoms with Crippen LogP contribution in [-0.2, 0) is 0 Å². The molecule has 92 valence electrons. The van der Waals surface area contributed by atoms with Gasteiger partial charge in [0.25, 0.3) is 0 Å². The van der Waals surface area contributed by atoms with Gasteiger partial charge in [-0.15, -0.1) is 0 Å². The zero-order chi connectivity index (χ0) is 11.6. The number of likely N-dealkylation sites (tertiary alicyclic amines) is 1. The Morgan fingerprint density at radius 1 is 1.25 bits per heavy atom. The van der Waals surface area contributed by atoms with Crippen LogP contribution >= 0.6 is 12.2 Å². The van der Waals surface area contributed by atoms with E-state index in [9.17, 15) is 0 Å². The largest absolute Gasteiger partial charge is 0.360 e. The lowest BCUT2D eigenvalue weighted by Crippen LogP contribution is -2.47. The molecule has 0 aromatic rings. The summed E-state index contributed by atoms with van der Waals surface area (Å²) < 4.78 is 0. The molecule has 0 aromatic carbocycles. The van der Waals surface area contributed by atoms with Crippen LogP contribution in [0.1, 0.15) is 52.4 Å². The molecule has 1 N–H and O–H groups in total. The van der Waals surface area contributed by atoms with E-state index in [-0.39, 0.29) is 0 Å². The molecule has 3 heteroatoms. The Kier molecular flexibility index (Phi) is 3.73. The van der Waals surface area contributed by atoms with E-state index in [1.54, 1.807) is 0 Å². The van der Waals surface area contributed by atoms with E-state index in [1.807, 2.05) is 0 Å². The summed E-state index contributed by atoms with van der Waals surface area (Å²) in [5, 5.41) is 4.45. The van der Waals surface area contributed by atoms with Gasteiger partial charge in [-0.2, -0.15) is 0 Å². The summed E-state index contributed by atoms with van der Waals surface area (Å²) in [6, 6.07) is 0.691. The van der Waals surface area contributed by atoms with E-state index in [0.29, 0.717) is 11.5 Å². The second kappa shape index (κ2) is 4.91. The molecule has 0 radical (unpaired) electrons. The molecule has 1 saturated heterocycles. The third-order valence-corrected chi connectivity index (χ3v) is 4.89. The average Bonchev–Trinajstić information content (AvgIpc) is 3.13. The Balaban J connectivity index is 1.81. The smallest absolute Gasteiger partial charge is 0.169 e. The monoisotopic (exact) mass is 240 g/mol. The van der Waals surface area contributed by atoms with Crippen molar-refractivity contribution in [2.24, 2.45) is 5.41 Å². The van der Waals surface area contributed by atoms with Crippen molar-refractivity contribution in [2.45, 2.75) is 58.4 Å². The lowest BCUT2D eigenvalue weighted by molar-refractivity contribution is 0.135. The molecule has 2 nitrogen and oxygen atoms in total. The molecule has 1 aliphatic carbocycles. The van der Waals surface area contributed by atoms with E-state index < -0.39 is 0 Å². The third kappa shape index (κ3) is 2.68. The fourth-order valence-corrected chi connectivity index (χ4v) is 2.98. The predicted octanol–water partition coefficient (Wildman–Crippen LogP) is 2.93. The second-order valence-electron chi connectivity index (χ2n) is 5.42. The summed E-state index contributed by atoms with van der Waals surface area (Å²) >= 11 is 5.45. The Hall–Kier alpha value is -0.310. The van der Waals surface area contributed by atoms with Crippen LogP contribution < -0.4 is 5.32 Å². The molecule has 2 fully saturated rings. The van der Waals surface area contributed by atoms with E-state index in [0.717, 1.165) is 18.2 Å². The lowest BCUT2D eigenvalue weighted by atomic mass is 9.74. The number of thiocarbonyl (C=S) groups is 1. The first-order valence-corrected chi connectivity index (χ1v) is 7.15. The molecule has 2 aliphatic rings. The van der Waals surface area contributed by atoms with Crippen LogP contribution in [0.5, 0.6) is 0 Å². The number of piperidine rings is 1. The van der Waals surface area contributed by atoms with Gasteiger partial charge in [0.2, 0.25) is 0 Å². The minimum atomic E-state index is 0.603. The highest BCUT2D eigenvalue weighted by atomic mass is 32.1. The zero-order valence-corrected chi connectivity index (χ0v) is 11.4. The maximum Gasteiger partial charge on any atom is 0.169 e. The number of rotatable bonds is 3. The molecule has 1 saturated carbocycles. The molecule has 0 bridgehead atoms. The zero-order valence-electron chi connectivity index (χ0n) is 10.6. The number of hydrogen-bond donors (Lipinski definition) is 1. The van der Waals surface area contributed by atoms with Crippen molar-refractivity contribution in [1.29, 1.82) is 0 Å². The summed E-state index contributed by atoms with van der Waals surface area (Å²) in [6.45, 7) is 6.97. The highest BCUT2D eigenvalue weighted by Crippen LogP contribution is 2.37. The lowest BCUT2D eigenvalue weighted by Gasteiger charge is -2.42. The maximum atomic E-state index is 5.45. The molecule has 1 heterocycles. The van der Waals surface area contributed by atoms with Crippen molar-refractivity contribution in [2.75, 3.05) is 13.1 Å². The van der Waals surface area contributed by atoms with Crippen LogP contribution in [0.25, 0.3) is 0 Å². The number of hydrogen-bond acceptors (Lipinski definition) is 1. The fourth-order valence-electron chi connectivity index (χ4n) is 2.63. The van der Waals surface area contributed by atoms with Crippen LogP contribution in [0.15, 0.2) is 0 Å². The minimum Gasteiger partial charge on any atom is -0.360 e. The van der Waals surface area contributed by atoms with Crippen LogP contribution in [0.3, 0.4) is 0 Å². The van der Waals surface area contributed by atoms with Gasteiger partial charge in [-0.05, 0) is 43.3 Å². The normalized spacial score (nSPS) is 24.2. The Morgan fingerprint density at radius 2 is 1.81 bits per heavy atom. The minimum absolute atomic E-state index is 0.603. The molecule has 16 heavy (non-hydrogen) atoms. The van der Waals surface area contributed by atoms with Crippen LogP contribution in [-0.4, -0.2) is 29.1 Å². The van der Waals surface area contributed by atoms with Crippen LogP contribution in [0.4, 0.5) is 0 Å². The van der Waals surface area contributed by atoms with Gasteiger partial charge < -0.3 is 10.2 Å². The van der Waals surface area contributed by atoms with Gasteiger partial charge in [-0.1, -0.05) is 26.7 Å². The predicted molar refractivity (Wildman–Crippen MR) is 72.6 cm³/mol. The van der Waals surface area contributed by atoms with Gasteiger partial charge >= 0.3 is 0 Å². The molecule has 0 atom stereocenters. The highest BCUT2D eigenvalue weighted by Gasteiger charge is 2.33. The quantitative estimate of drug-likeness (QED) is 0.764. The van der Waals surface area contributed by atoms with Crippen molar-refractivity contribution >= 4 is 17.3 Å². The SMILES string of the molecule is CCC1(CC)CCN(C(=S)NC2CC2)CC1. The van der Waals surface area contributed by atoms with Gasteiger partial charge in [-0.3, -0.25) is 0 Å². The summed E-state index contributed by atoms with van der Waals surface area (Å²) in [5.74, 6) is 0. The third-order valence-electron chi connectivity index (χ3n) is 4.52. The van der Waals surface area contributed by atoms with Crippen LogP contribution in [0.2, 0.25) is 0 Å². The van der Waals surface area contributed by atoms with Crippen molar-refractivity contribution in [3.63, 3.8) is 0 Å². The van der Waals surface area contributed by atoms with Crippen molar-refractivity contribution in [3.8, 4) is 0 Å². The summed E-state index contributed by atoms with van der Waals surface area (Å²) in [4.78, 5) is 2.37. The molecular formula is C13H24N2S. The molecule has 2 rings (SSSR count). The Labute approximate surface area is 105 Å². The first kappa shape index (κ1) is 12.2. The van der Waals surface area contributed by atoms with Crippen molar-refractivity contribution < 1.29 is 0 Å². The van der Waals surface area contributed by atoms with Gasteiger partial charge in [0.05, 0.1) is 0 Å². The molecule has 0 unspecified atom stereocenters. The average molecular weight is 240 g/mol. The van der Waals surface area contributed by atoms with Crippen LogP contribution in [0, 0.1) is 5.41 Å². The van der Waals surface area contributed by atoms with Crippen molar-refractivity contribution in [1.82, 2.24) is 10.2 Å². The van der Waals surface area contributed by atoms with Gasteiger partial charge in [0.15, 0.2) is 5.11 Å². The molecule has 0 aromatic heterocycles. The maximum absolute atomic E-state index is 5.45. The van der Waals surface area contributed by atoms with Gasteiger partial charge in [0.1, 0.15) is 0 Å². The topological polar surface area (TPSA) is 15.3 Å². The van der Waals surface area contributed by atoms with E-state index in [1.165, 1.54) is 38.5 Å². The molecule has 0 spiro atoms. The van der Waals surface area contributed by atoms with E-state index in [2.05, 4.69) is 24.1 Å². The Morgan fingerprint density at radius 3 is 2.25 bits per heavy atom. The molecule has 0 amide bonds. The molecule has 1 aliphatic heterocycles. The fraction of sp³-hybridized carbons (Fsp3) is 0.923. The van der Waals surface area contributed by atoms with Gasteiger partial charge in [-0.25, -0.2) is 0 Å². The number of nitrogens with one attached hydrogen (secondary N) is 1. The van der Waals surface area contributed by atoms with E-state index >= 15 is 0 Å². The standard InChI is InChI=1S/C13H24N2S/c1-3-13(4-2)7-9-15(10-8-13)12(16)14-11-5-6-11/h11H,3-10H2,1-2H3,(H,14,16). The van der Waals surface area contributed by atoms with Crippen molar-refractivity contribution in [3.05, 3.63) is 0 Å². The first-order chi connectivity index (χ1) is 7.69. The highest BCUT2D eigenvalue weighted by molar-refractivity contribution is 7.80. The van der Waals surface area contributed by atoms with E-state index in [4.69, 9.17) is 12.2 Å².